The van der Waals surface area contributed by atoms with Crippen molar-refractivity contribution >= 4 is 21.7 Å². The fourth-order valence-electron chi connectivity index (χ4n) is 3.01. The van der Waals surface area contributed by atoms with E-state index >= 15 is 0 Å². The standard InChI is InChI=1S/C20H25NO4S/c1-6-25-19(22)13-21(20-16(4)11-15(3)12-17(20)5)26(23,24)18-9-7-14(2)8-10-18/h7-12H,6,13H2,1-5H3. The molecule has 0 fully saturated rings. The Morgan fingerprint density at radius 3 is 2.00 bits per heavy atom. The summed E-state index contributed by atoms with van der Waals surface area (Å²) in [6, 6.07) is 10.4. The number of esters is 1. The van der Waals surface area contributed by atoms with Gasteiger partial charge in [0.1, 0.15) is 6.54 Å². The third-order valence-electron chi connectivity index (χ3n) is 4.07. The van der Waals surface area contributed by atoms with Crippen molar-refractivity contribution in [1.29, 1.82) is 0 Å². The molecule has 2 aromatic carbocycles. The number of aryl methyl sites for hydroxylation is 4. The van der Waals surface area contributed by atoms with Gasteiger partial charge in [0, 0.05) is 0 Å². The third-order valence-corrected chi connectivity index (χ3v) is 5.83. The monoisotopic (exact) mass is 375 g/mol. The van der Waals surface area contributed by atoms with Crippen molar-refractivity contribution in [2.75, 3.05) is 17.5 Å². The largest absolute Gasteiger partial charge is 0.465 e. The maximum absolute atomic E-state index is 13.3. The van der Waals surface area contributed by atoms with E-state index in [-0.39, 0.29) is 18.0 Å². The fraction of sp³-hybridized carbons (Fsp3) is 0.350. The number of hydrogen-bond donors (Lipinski definition) is 0. The zero-order valence-corrected chi connectivity index (χ0v) is 16.7. The Labute approximate surface area is 155 Å². The van der Waals surface area contributed by atoms with E-state index in [0.29, 0.717) is 5.69 Å². The van der Waals surface area contributed by atoms with Gasteiger partial charge in [0.2, 0.25) is 0 Å². The summed E-state index contributed by atoms with van der Waals surface area (Å²) in [5.41, 5.74) is 4.10. The highest BCUT2D eigenvalue weighted by atomic mass is 32.2. The van der Waals surface area contributed by atoms with Crippen LogP contribution in [0.25, 0.3) is 0 Å². The van der Waals surface area contributed by atoms with Crippen molar-refractivity contribution in [2.24, 2.45) is 0 Å². The Kier molecular flexibility index (Phi) is 6.08. The smallest absolute Gasteiger partial charge is 0.326 e. The van der Waals surface area contributed by atoms with Crippen LogP contribution in [0.15, 0.2) is 41.3 Å². The minimum Gasteiger partial charge on any atom is -0.465 e. The summed E-state index contributed by atoms with van der Waals surface area (Å²) >= 11 is 0. The van der Waals surface area contributed by atoms with Gasteiger partial charge >= 0.3 is 5.97 Å². The summed E-state index contributed by atoms with van der Waals surface area (Å²) in [6.45, 7) is 9.06. The highest BCUT2D eigenvalue weighted by Gasteiger charge is 2.30. The number of ether oxygens (including phenoxy) is 1. The average molecular weight is 375 g/mol. The third kappa shape index (κ3) is 4.25. The molecule has 140 valence electrons. The maximum atomic E-state index is 13.3. The second-order valence-electron chi connectivity index (χ2n) is 6.38. The van der Waals surface area contributed by atoms with Crippen molar-refractivity contribution in [3.05, 3.63) is 58.7 Å². The molecule has 0 saturated carbocycles. The number of anilines is 1. The summed E-state index contributed by atoms with van der Waals surface area (Å²) in [7, 11) is -3.91. The number of nitrogens with zero attached hydrogens (tertiary/aromatic N) is 1. The lowest BCUT2D eigenvalue weighted by molar-refractivity contribution is -0.141. The van der Waals surface area contributed by atoms with Crippen LogP contribution in [-0.4, -0.2) is 27.5 Å². The van der Waals surface area contributed by atoms with E-state index in [1.54, 1.807) is 31.2 Å². The first kappa shape index (κ1) is 20.0. The zero-order valence-electron chi connectivity index (χ0n) is 15.9. The number of carbonyl (C=O) groups is 1. The summed E-state index contributed by atoms with van der Waals surface area (Å²) in [5, 5.41) is 0. The van der Waals surface area contributed by atoms with Gasteiger partial charge in [-0.2, -0.15) is 0 Å². The van der Waals surface area contributed by atoms with Gasteiger partial charge in [0.05, 0.1) is 17.2 Å². The maximum Gasteiger partial charge on any atom is 0.326 e. The normalized spacial score (nSPS) is 11.3. The second-order valence-corrected chi connectivity index (χ2v) is 8.24. The first-order valence-electron chi connectivity index (χ1n) is 8.49. The van der Waals surface area contributed by atoms with Crippen molar-refractivity contribution < 1.29 is 17.9 Å². The van der Waals surface area contributed by atoms with Crippen molar-refractivity contribution in [2.45, 2.75) is 39.5 Å². The average Bonchev–Trinajstić information content (AvgIpc) is 2.53. The van der Waals surface area contributed by atoms with Crippen LogP contribution in [-0.2, 0) is 19.6 Å². The second kappa shape index (κ2) is 7.91. The predicted octanol–water partition coefficient (Wildman–Crippen LogP) is 3.68. The molecule has 0 atom stereocenters. The lowest BCUT2D eigenvalue weighted by Gasteiger charge is -2.27. The van der Waals surface area contributed by atoms with E-state index in [1.165, 1.54) is 0 Å². The highest BCUT2D eigenvalue weighted by Crippen LogP contribution is 2.31. The van der Waals surface area contributed by atoms with Crippen molar-refractivity contribution in [3.8, 4) is 0 Å². The molecular formula is C20H25NO4S. The number of benzene rings is 2. The lowest BCUT2D eigenvalue weighted by Crippen LogP contribution is -2.37. The number of hydrogen-bond acceptors (Lipinski definition) is 4. The van der Waals surface area contributed by atoms with E-state index < -0.39 is 16.0 Å². The Morgan fingerprint density at radius 1 is 0.962 bits per heavy atom. The SMILES string of the molecule is CCOC(=O)CN(c1c(C)cc(C)cc1C)S(=O)(=O)c1ccc(C)cc1. The molecule has 0 aliphatic heterocycles. The molecule has 0 saturated heterocycles. The van der Waals surface area contributed by atoms with Gasteiger partial charge in [-0.05, 0) is 57.9 Å². The molecule has 0 bridgehead atoms. The van der Waals surface area contributed by atoms with Crippen LogP contribution in [0.1, 0.15) is 29.2 Å². The molecule has 2 rings (SSSR count). The Balaban J connectivity index is 2.61. The van der Waals surface area contributed by atoms with Crippen LogP contribution in [0.3, 0.4) is 0 Å². The van der Waals surface area contributed by atoms with Crippen LogP contribution in [0.4, 0.5) is 5.69 Å². The molecule has 0 aliphatic rings. The van der Waals surface area contributed by atoms with E-state index in [4.69, 9.17) is 4.74 Å². The summed E-state index contributed by atoms with van der Waals surface area (Å²) in [5.74, 6) is -0.581. The minimum atomic E-state index is -3.91. The summed E-state index contributed by atoms with van der Waals surface area (Å²) in [6.07, 6.45) is 0. The minimum absolute atomic E-state index is 0.145. The molecule has 0 radical (unpaired) electrons. The molecule has 6 heteroatoms. The van der Waals surface area contributed by atoms with Gasteiger partial charge in [-0.25, -0.2) is 8.42 Å². The first-order chi connectivity index (χ1) is 12.2. The van der Waals surface area contributed by atoms with Crippen molar-refractivity contribution in [3.63, 3.8) is 0 Å². The molecule has 0 heterocycles. The van der Waals surface area contributed by atoms with Gasteiger partial charge in [-0.15, -0.1) is 0 Å². The Hall–Kier alpha value is -2.34. The van der Waals surface area contributed by atoms with Crippen LogP contribution in [0.5, 0.6) is 0 Å². The topological polar surface area (TPSA) is 63.7 Å². The quantitative estimate of drug-likeness (QED) is 0.723. The van der Waals surface area contributed by atoms with E-state index in [2.05, 4.69) is 0 Å². The molecule has 0 unspecified atom stereocenters. The van der Waals surface area contributed by atoms with E-state index in [1.807, 2.05) is 39.8 Å². The number of carbonyl (C=O) groups excluding carboxylic acids is 1. The molecule has 0 aliphatic carbocycles. The zero-order chi connectivity index (χ0) is 19.5. The van der Waals surface area contributed by atoms with Gasteiger partial charge in [-0.1, -0.05) is 35.4 Å². The van der Waals surface area contributed by atoms with E-state index in [0.717, 1.165) is 26.6 Å². The Morgan fingerprint density at radius 2 is 1.50 bits per heavy atom. The summed E-state index contributed by atoms with van der Waals surface area (Å²) < 4.78 is 32.7. The van der Waals surface area contributed by atoms with Crippen LogP contribution in [0, 0.1) is 27.7 Å². The lowest BCUT2D eigenvalue weighted by atomic mass is 10.1. The molecular weight excluding hydrogens is 350 g/mol. The van der Waals surface area contributed by atoms with Gasteiger partial charge < -0.3 is 4.74 Å². The van der Waals surface area contributed by atoms with Crippen molar-refractivity contribution in [1.82, 2.24) is 0 Å². The fourth-order valence-corrected chi connectivity index (χ4v) is 4.55. The molecule has 0 amide bonds. The molecule has 26 heavy (non-hydrogen) atoms. The Bertz CT molecular complexity index is 879. The molecule has 2 aromatic rings. The van der Waals surface area contributed by atoms with Gasteiger partial charge in [0.25, 0.3) is 10.0 Å². The van der Waals surface area contributed by atoms with Gasteiger partial charge in [0.15, 0.2) is 0 Å². The van der Waals surface area contributed by atoms with Gasteiger partial charge in [-0.3, -0.25) is 9.10 Å². The van der Waals surface area contributed by atoms with E-state index in [9.17, 15) is 13.2 Å². The van der Waals surface area contributed by atoms with Crippen LogP contribution >= 0.6 is 0 Å². The molecule has 0 N–H and O–H groups in total. The van der Waals surface area contributed by atoms with Crippen LogP contribution in [0.2, 0.25) is 0 Å². The van der Waals surface area contributed by atoms with Crippen LogP contribution < -0.4 is 4.31 Å². The summed E-state index contributed by atoms with van der Waals surface area (Å²) in [4.78, 5) is 12.3. The molecule has 0 spiro atoms. The predicted molar refractivity (Wildman–Crippen MR) is 103 cm³/mol. The highest BCUT2D eigenvalue weighted by molar-refractivity contribution is 7.92. The molecule has 5 nitrogen and oxygen atoms in total. The molecule has 0 aromatic heterocycles. The number of rotatable bonds is 6. The first-order valence-corrected chi connectivity index (χ1v) is 9.93. The number of sulfonamides is 1.